The predicted octanol–water partition coefficient (Wildman–Crippen LogP) is 3.91. The van der Waals surface area contributed by atoms with Crippen LogP contribution in [0.5, 0.6) is 0 Å². The molecule has 98 valence electrons. The van der Waals surface area contributed by atoms with Gasteiger partial charge in [0.25, 0.3) is 0 Å². The van der Waals surface area contributed by atoms with Crippen LogP contribution in [0, 0.1) is 0 Å². The number of thioether (sulfide) groups is 1. The molecule has 19 heavy (non-hydrogen) atoms. The lowest BCUT2D eigenvalue weighted by Gasteiger charge is -2.07. The van der Waals surface area contributed by atoms with Crippen LogP contribution < -0.4 is 0 Å². The Labute approximate surface area is 117 Å². The fourth-order valence-corrected chi connectivity index (χ4v) is 2.81. The largest absolute Gasteiger partial charge is 0.465 e. The quantitative estimate of drug-likeness (QED) is 0.772. The molecule has 2 nitrogen and oxygen atoms in total. The van der Waals surface area contributed by atoms with Gasteiger partial charge in [0.05, 0.1) is 12.7 Å². The van der Waals surface area contributed by atoms with E-state index in [1.54, 1.807) is 11.8 Å². The summed E-state index contributed by atoms with van der Waals surface area (Å²) in [5.74, 6) is 1.48. The van der Waals surface area contributed by atoms with Crippen LogP contribution in [0.15, 0.2) is 54.6 Å². The monoisotopic (exact) mass is 272 g/mol. The van der Waals surface area contributed by atoms with Crippen LogP contribution in [-0.2, 0) is 16.2 Å². The lowest BCUT2D eigenvalue weighted by molar-refractivity contribution is 0.0600. The fourth-order valence-electron chi connectivity index (χ4n) is 1.81. The van der Waals surface area contributed by atoms with Crippen molar-refractivity contribution in [3.05, 3.63) is 71.3 Å². The summed E-state index contributed by atoms with van der Waals surface area (Å²) in [6.45, 7) is 0. The van der Waals surface area contributed by atoms with E-state index in [1.807, 2.05) is 42.5 Å². The Morgan fingerprint density at radius 3 is 2.42 bits per heavy atom. The second-order valence-electron chi connectivity index (χ2n) is 4.13. The van der Waals surface area contributed by atoms with Crippen molar-refractivity contribution in [2.75, 3.05) is 7.11 Å². The maximum Gasteiger partial charge on any atom is 0.338 e. The molecule has 0 amide bonds. The van der Waals surface area contributed by atoms with Gasteiger partial charge in [-0.3, -0.25) is 0 Å². The molecule has 0 aliphatic carbocycles. The highest BCUT2D eigenvalue weighted by Gasteiger charge is 2.10. The third-order valence-electron chi connectivity index (χ3n) is 2.79. The summed E-state index contributed by atoms with van der Waals surface area (Å²) < 4.78 is 4.79. The van der Waals surface area contributed by atoms with Crippen LogP contribution in [0.1, 0.15) is 21.5 Å². The maximum atomic E-state index is 11.6. The third-order valence-corrected chi connectivity index (χ3v) is 3.84. The molecule has 0 aliphatic rings. The lowest BCUT2D eigenvalue weighted by atomic mass is 10.1. The molecule has 0 unspecified atom stereocenters. The molecule has 2 aromatic rings. The topological polar surface area (TPSA) is 26.3 Å². The molecule has 0 spiro atoms. The Balaban J connectivity index is 1.98. The minimum atomic E-state index is -0.268. The van der Waals surface area contributed by atoms with Crippen molar-refractivity contribution >= 4 is 17.7 Å². The molecule has 0 atom stereocenters. The summed E-state index contributed by atoms with van der Waals surface area (Å²) >= 11 is 1.79. The summed E-state index contributed by atoms with van der Waals surface area (Å²) in [4.78, 5) is 11.6. The molecule has 0 saturated heterocycles. The Bertz CT molecular complexity index is 537. The van der Waals surface area contributed by atoms with Crippen LogP contribution in [0.25, 0.3) is 0 Å². The van der Waals surface area contributed by atoms with Crippen molar-refractivity contribution in [1.29, 1.82) is 0 Å². The van der Waals surface area contributed by atoms with E-state index in [1.165, 1.54) is 12.7 Å². The smallest absolute Gasteiger partial charge is 0.338 e. The summed E-state index contributed by atoms with van der Waals surface area (Å²) in [5.41, 5.74) is 2.98. The standard InChI is InChI=1S/C16H16O2S/c1-18-16(17)15-10-6-5-9-14(15)12-19-11-13-7-3-2-4-8-13/h2-10H,11-12H2,1H3. The zero-order chi connectivity index (χ0) is 13.5. The number of carbonyl (C=O) groups is 1. The lowest BCUT2D eigenvalue weighted by Crippen LogP contribution is -2.04. The zero-order valence-electron chi connectivity index (χ0n) is 10.8. The van der Waals surface area contributed by atoms with Gasteiger partial charge < -0.3 is 4.74 Å². The van der Waals surface area contributed by atoms with Crippen molar-refractivity contribution in [3.8, 4) is 0 Å². The number of hydrogen-bond acceptors (Lipinski definition) is 3. The molecule has 2 rings (SSSR count). The second-order valence-corrected chi connectivity index (χ2v) is 5.11. The van der Waals surface area contributed by atoms with Crippen LogP contribution in [0.4, 0.5) is 0 Å². The van der Waals surface area contributed by atoms with Gasteiger partial charge in [-0.25, -0.2) is 4.79 Å². The number of esters is 1. The summed E-state index contributed by atoms with van der Waals surface area (Å²) in [6.07, 6.45) is 0. The molecule has 3 heteroatoms. The van der Waals surface area contributed by atoms with Gasteiger partial charge in [0.1, 0.15) is 0 Å². The molecule has 0 aromatic heterocycles. The van der Waals surface area contributed by atoms with E-state index >= 15 is 0 Å². The summed E-state index contributed by atoms with van der Waals surface area (Å²) in [5, 5.41) is 0. The van der Waals surface area contributed by atoms with Crippen molar-refractivity contribution in [2.24, 2.45) is 0 Å². The molecule has 0 radical (unpaired) electrons. The molecule has 0 N–H and O–H groups in total. The normalized spacial score (nSPS) is 10.2. The molecular formula is C16H16O2S. The van der Waals surface area contributed by atoms with E-state index in [4.69, 9.17) is 4.74 Å². The average Bonchev–Trinajstić information content (AvgIpc) is 2.48. The Hall–Kier alpha value is -1.74. The SMILES string of the molecule is COC(=O)c1ccccc1CSCc1ccccc1. The minimum Gasteiger partial charge on any atom is -0.465 e. The van der Waals surface area contributed by atoms with Gasteiger partial charge in [0.2, 0.25) is 0 Å². The van der Waals surface area contributed by atoms with Crippen LogP contribution in [0.2, 0.25) is 0 Å². The highest BCUT2D eigenvalue weighted by molar-refractivity contribution is 7.97. The molecule has 0 fully saturated rings. The maximum absolute atomic E-state index is 11.6. The van der Waals surface area contributed by atoms with E-state index in [0.29, 0.717) is 5.56 Å². The summed E-state index contributed by atoms with van der Waals surface area (Å²) in [7, 11) is 1.41. The van der Waals surface area contributed by atoms with Gasteiger partial charge in [-0.15, -0.1) is 0 Å². The van der Waals surface area contributed by atoms with Crippen LogP contribution in [0.3, 0.4) is 0 Å². The molecule has 2 aromatic carbocycles. The Morgan fingerprint density at radius 1 is 1.00 bits per heavy atom. The first-order valence-electron chi connectivity index (χ1n) is 6.09. The first-order chi connectivity index (χ1) is 9.31. The number of carbonyl (C=O) groups excluding carboxylic acids is 1. The van der Waals surface area contributed by atoms with Gasteiger partial charge in [-0.05, 0) is 17.2 Å². The predicted molar refractivity (Wildman–Crippen MR) is 79.2 cm³/mol. The number of ether oxygens (including phenoxy) is 1. The Kier molecular flexibility index (Phi) is 5.04. The zero-order valence-corrected chi connectivity index (χ0v) is 11.7. The van der Waals surface area contributed by atoms with Crippen molar-refractivity contribution in [2.45, 2.75) is 11.5 Å². The van der Waals surface area contributed by atoms with Gasteiger partial charge >= 0.3 is 5.97 Å². The van der Waals surface area contributed by atoms with E-state index in [0.717, 1.165) is 17.1 Å². The first-order valence-corrected chi connectivity index (χ1v) is 7.24. The number of methoxy groups -OCH3 is 1. The Morgan fingerprint density at radius 2 is 1.68 bits per heavy atom. The summed E-state index contributed by atoms with van der Waals surface area (Å²) in [6, 6.07) is 17.9. The van der Waals surface area contributed by atoms with Crippen LogP contribution in [-0.4, -0.2) is 13.1 Å². The fraction of sp³-hybridized carbons (Fsp3) is 0.188. The molecular weight excluding hydrogens is 256 g/mol. The molecule has 0 saturated carbocycles. The number of benzene rings is 2. The average molecular weight is 272 g/mol. The highest BCUT2D eigenvalue weighted by atomic mass is 32.2. The van der Waals surface area contributed by atoms with Gasteiger partial charge in [0, 0.05) is 11.5 Å². The van der Waals surface area contributed by atoms with E-state index in [-0.39, 0.29) is 5.97 Å². The van der Waals surface area contributed by atoms with Crippen molar-refractivity contribution < 1.29 is 9.53 Å². The number of rotatable bonds is 5. The molecule has 0 heterocycles. The van der Waals surface area contributed by atoms with Crippen molar-refractivity contribution in [3.63, 3.8) is 0 Å². The van der Waals surface area contributed by atoms with E-state index in [9.17, 15) is 4.79 Å². The number of hydrogen-bond donors (Lipinski definition) is 0. The minimum absolute atomic E-state index is 0.268. The van der Waals surface area contributed by atoms with E-state index in [2.05, 4.69) is 12.1 Å². The van der Waals surface area contributed by atoms with E-state index < -0.39 is 0 Å². The third kappa shape index (κ3) is 3.86. The van der Waals surface area contributed by atoms with Gasteiger partial charge in [-0.2, -0.15) is 11.8 Å². The van der Waals surface area contributed by atoms with Crippen molar-refractivity contribution in [1.82, 2.24) is 0 Å². The van der Waals surface area contributed by atoms with Crippen LogP contribution >= 0.6 is 11.8 Å². The second kappa shape index (κ2) is 7.00. The van der Waals surface area contributed by atoms with Gasteiger partial charge in [0.15, 0.2) is 0 Å². The molecule has 0 bridgehead atoms. The first kappa shape index (κ1) is 13.7. The molecule has 0 aliphatic heterocycles. The van der Waals surface area contributed by atoms with Gasteiger partial charge in [-0.1, -0.05) is 48.5 Å². The highest BCUT2D eigenvalue weighted by Crippen LogP contribution is 2.20.